The number of morpholine rings is 1. The number of hydrogen-bond acceptors (Lipinski definition) is 9. The monoisotopic (exact) mass is 631 g/mol. The fraction of sp³-hybridized carbons (Fsp3) is 0.200. The van der Waals surface area contributed by atoms with E-state index in [0.29, 0.717) is 24.7 Å². The van der Waals surface area contributed by atoms with E-state index in [2.05, 4.69) is 20.5 Å². The maximum atomic E-state index is 12.8. The molecular weight excluding hydrogens is 598 g/mol. The van der Waals surface area contributed by atoms with E-state index in [1.54, 1.807) is 17.5 Å². The van der Waals surface area contributed by atoms with Crippen LogP contribution in [0.25, 0.3) is 27.6 Å². The first-order valence-electron chi connectivity index (χ1n) is 15.2. The second-order valence-corrected chi connectivity index (χ2v) is 11.7. The molecule has 1 aliphatic heterocycles. The van der Waals surface area contributed by atoms with Crippen molar-refractivity contribution in [3.63, 3.8) is 0 Å². The summed E-state index contributed by atoms with van der Waals surface area (Å²) in [4.78, 5) is 30.3. The van der Waals surface area contributed by atoms with Crippen LogP contribution in [0.1, 0.15) is 5.56 Å². The van der Waals surface area contributed by atoms with E-state index >= 15 is 0 Å². The summed E-state index contributed by atoms with van der Waals surface area (Å²) in [7, 11) is 0. The summed E-state index contributed by atoms with van der Waals surface area (Å²) in [6.07, 6.45) is 4.03. The fourth-order valence-electron chi connectivity index (χ4n) is 5.42. The van der Waals surface area contributed by atoms with Gasteiger partial charge in [-0.15, -0.1) is 11.3 Å². The lowest BCUT2D eigenvalue weighted by Gasteiger charge is -2.26. The van der Waals surface area contributed by atoms with Gasteiger partial charge in [0.15, 0.2) is 4.96 Å². The Bertz CT molecular complexity index is 1940. The summed E-state index contributed by atoms with van der Waals surface area (Å²) in [5, 5.41) is 8.37. The Morgan fingerprint density at radius 2 is 1.78 bits per heavy atom. The second-order valence-electron chi connectivity index (χ2n) is 10.9. The standard InChI is InChI=1S/C35H33N7O3S/c43-31(22-25-6-2-1-3-7-25)37-27-9-4-8-26(23-27)32-33(42-17-21-46-35(42)40-32)30-12-13-36-34(39-30)38-28-10-5-11-29(24-28)45-20-16-41-14-18-44-19-15-41/h1-13,17,21,23-24H,14-16,18-20,22H2,(H,37,43)(H,36,38,39). The Morgan fingerprint density at radius 3 is 2.67 bits per heavy atom. The van der Waals surface area contributed by atoms with Crippen molar-refractivity contribution in [2.45, 2.75) is 6.42 Å². The Kier molecular flexibility index (Phi) is 8.95. The van der Waals surface area contributed by atoms with Crippen molar-refractivity contribution in [2.24, 2.45) is 0 Å². The maximum Gasteiger partial charge on any atom is 0.228 e. The van der Waals surface area contributed by atoms with Gasteiger partial charge < -0.3 is 20.1 Å². The van der Waals surface area contributed by atoms with Gasteiger partial charge in [-0.05, 0) is 35.9 Å². The molecular formula is C35H33N7O3S. The molecule has 4 heterocycles. The molecule has 11 heteroatoms. The molecule has 6 aromatic rings. The third kappa shape index (κ3) is 7.07. The van der Waals surface area contributed by atoms with Gasteiger partial charge in [-0.1, -0.05) is 48.5 Å². The third-order valence-electron chi connectivity index (χ3n) is 7.66. The van der Waals surface area contributed by atoms with Gasteiger partial charge >= 0.3 is 0 Å². The van der Waals surface area contributed by atoms with E-state index in [9.17, 15) is 4.79 Å². The van der Waals surface area contributed by atoms with Crippen LogP contribution in [-0.4, -0.2) is 69.6 Å². The summed E-state index contributed by atoms with van der Waals surface area (Å²) >= 11 is 1.55. The summed E-state index contributed by atoms with van der Waals surface area (Å²) in [5.41, 5.74) is 5.70. The normalized spacial score (nSPS) is 13.5. The Hall–Kier alpha value is -5.10. The predicted octanol–water partition coefficient (Wildman–Crippen LogP) is 6.16. The van der Waals surface area contributed by atoms with Crippen molar-refractivity contribution in [1.29, 1.82) is 0 Å². The first-order chi connectivity index (χ1) is 22.7. The van der Waals surface area contributed by atoms with Crippen LogP contribution in [0.5, 0.6) is 5.75 Å². The number of nitrogens with zero attached hydrogens (tertiary/aromatic N) is 5. The Labute approximate surface area is 270 Å². The van der Waals surface area contributed by atoms with Gasteiger partial charge in [0, 0.05) is 60.4 Å². The summed E-state index contributed by atoms with van der Waals surface area (Å²) in [5.74, 6) is 1.16. The van der Waals surface area contributed by atoms with Gasteiger partial charge in [0.1, 0.15) is 18.1 Å². The SMILES string of the molecule is O=C(Cc1ccccc1)Nc1cccc(-c2nc3sccn3c2-c2ccnc(Nc3cccc(OCCN4CCOCC4)c3)n2)c1. The average molecular weight is 632 g/mol. The largest absolute Gasteiger partial charge is 0.492 e. The molecule has 0 bridgehead atoms. The van der Waals surface area contributed by atoms with Crippen LogP contribution >= 0.6 is 11.3 Å². The van der Waals surface area contributed by atoms with Gasteiger partial charge in [0.2, 0.25) is 11.9 Å². The highest BCUT2D eigenvalue weighted by Crippen LogP contribution is 2.35. The van der Waals surface area contributed by atoms with Crippen LogP contribution in [-0.2, 0) is 16.0 Å². The Balaban J connectivity index is 1.09. The van der Waals surface area contributed by atoms with E-state index in [4.69, 9.17) is 19.4 Å². The lowest BCUT2D eigenvalue weighted by molar-refractivity contribution is -0.115. The van der Waals surface area contributed by atoms with Crippen molar-refractivity contribution >= 4 is 39.5 Å². The molecule has 1 saturated heterocycles. The van der Waals surface area contributed by atoms with Crippen molar-refractivity contribution in [3.05, 3.63) is 108 Å². The smallest absolute Gasteiger partial charge is 0.228 e. The third-order valence-corrected chi connectivity index (χ3v) is 8.41. The molecule has 0 atom stereocenters. The second kappa shape index (κ2) is 13.9. The number of carbonyl (C=O) groups excluding carboxylic acids is 1. The van der Waals surface area contributed by atoms with Crippen LogP contribution in [0.15, 0.2) is 103 Å². The molecule has 0 saturated carbocycles. The average Bonchev–Trinajstić information content (AvgIpc) is 3.68. The number of benzene rings is 3. The summed E-state index contributed by atoms with van der Waals surface area (Å²) in [6, 6.07) is 27.2. The number of anilines is 3. The Morgan fingerprint density at radius 1 is 0.935 bits per heavy atom. The molecule has 1 amide bonds. The van der Waals surface area contributed by atoms with Crippen LogP contribution in [0.3, 0.4) is 0 Å². The zero-order chi connectivity index (χ0) is 31.1. The van der Waals surface area contributed by atoms with E-state index < -0.39 is 0 Å². The van der Waals surface area contributed by atoms with Gasteiger partial charge in [-0.3, -0.25) is 14.1 Å². The molecule has 7 rings (SSSR count). The molecule has 2 N–H and O–H groups in total. The first-order valence-corrected chi connectivity index (χ1v) is 16.1. The number of rotatable bonds is 11. The highest BCUT2D eigenvalue weighted by Gasteiger charge is 2.19. The summed E-state index contributed by atoms with van der Waals surface area (Å²) in [6.45, 7) is 4.89. The minimum absolute atomic E-state index is 0.0764. The minimum atomic E-state index is -0.0764. The number of fused-ring (bicyclic) bond motifs is 1. The van der Waals surface area contributed by atoms with Gasteiger partial charge in [-0.2, -0.15) is 0 Å². The quantitative estimate of drug-likeness (QED) is 0.175. The van der Waals surface area contributed by atoms with Crippen LogP contribution in [0.2, 0.25) is 0 Å². The van der Waals surface area contributed by atoms with E-state index in [1.165, 1.54) is 0 Å². The molecule has 3 aromatic heterocycles. The number of imidazole rings is 1. The van der Waals surface area contributed by atoms with Crippen LogP contribution in [0.4, 0.5) is 17.3 Å². The number of aromatic nitrogens is 4. The van der Waals surface area contributed by atoms with Crippen molar-refractivity contribution in [2.75, 3.05) is 50.1 Å². The number of hydrogen-bond donors (Lipinski definition) is 2. The number of amides is 1. The highest BCUT2D eigenvalue weighted by molar-refractivity contribution is 7.15. The maximum absolute atomic E-state index is 12.8. The molecule has 3 aromatic carbocycles. The lowest BCUT2D eigenvalue weighted by atomic mass is 10.1. The molecule has 1 aliphatic rings. The fourth-order valence-corrected chi connectivity index (χ4v) is 6.14. The van der Waals surface area contributed by atoms with Crippen molar-refractivity contribution in [3.8, 4) is 28.4 Å². The number of thiazole rings is 1. The van der Waals surface area contributed by atoms with Crippen LogP contribution in [0, 0.1) is 0 Å². The predicted molar refractivity (Wildman–Crippen MR) is 181 cm³/mol. The molecule has 0 unspecified atom stereocenters. The zero-order valence-corrected chi connectivity index (χ0v) is 26.0. The molecule has 10 nitrogen and oxygen atoms in total. The van der Waals surface area contributed by atoms with Crippen LogP contribution < -0.4 is 15.4 Å². The molecule has 0 radical (unpaired) electrons. The molecule has 46 heavy (non-hydrogen) atoms. The first kappa shape index (κ1) is 29.6. The van der Waals surface area contributed by atoms with E-state index in [0.717, 1.165) is 77.5 Å². The molecule has 0 spiro atoms. The van der Waals surface area contributed by atoms with Gasteiger partial charge in [-0.25, -0.2) is 15.0 Å². The lowest BCUT2D eigenvalue weighted by Crippen LogP contribution is -2.38. The number of ether oxygens (including phenoxy) is 2. The highest BCUT2D eigenvalue weighted by atomic mass is 32.1. The minimum Gasteiger partial charge on any atom is -0.492 e. The van der Waals surface area contributed by atoms with Gasteiger partial charge in [0.25, 0.3) is 0 Å². The van der Waals surface area contributed by atoms with E-state index in [1.807, 2.05) is 101 Å². The van der Waals surface area contributed by atoms with Gasteiger partial charge in [0.05, 0.1) is 31.0 Å². The zero-order valence-electron chi connectivity index (χ0n) is 25.1. The molecule has 0 aliphatic carbocycles. The van der Waals surface area contributed by atoms with Crippen molar-refractivity contribution in [1.82, 2.24) is 24.3 Å². The number of nitrogens with one attached hydrogen (secondary N) is 2. The van der Waals surface area contributed by atoms with E-state index in [-0.39, 0.29) is 5.91 Å². The number of carbonyl (C=O) groups is 1. The van der Waals surface area contributed by atoms with Crippen molar-refractivity contribution < 1.29 is 14.3 Å². The topological polar surface area (TPSA) is 106 Å². The summed E-state index contributed by atoms with van der Waals surface area (Å²) < 4.78 is 13.5. The molecule has 1 fully saturated rings. The molecule has 232 valence electrons.